The average Bonchev–Trinajstić information content (AvgIpc) is 3.09. The van der Waals surface area contributed by atoms with Crippen LogP contribution in [0.2, 0.25) is 5.02 Å². The first-order chi connectivity index (χ1) is 10.6. The first-order valence-corrected chi connectivity index (χ1v) is 8.02. The van der Waals surface area contributed by atoms with Gasteiger partial charge in [-0.3, -0.25) is 9.48 Å². The number of aromatic nitrogens is 2. The van der Waals surface area contributed by atoms with E-state index >= 15 is 0 Å². The summed E-state index contributed by atoms with van der Waals surface area (Å²) in [5, 5.41) is 8.04. The number of benzene rings is 1. The van der Waals surface area contributed by atoms with Crippen molar-refractivity contribution < 1.29 is 4.79 Å². The fourth-order valence-corrected chi connectivity index (χ4v) is 3.37. The van der Waals surface area contributed by atoms with Crippen molar-refractivity contribution in [1.29, 1.82) is 0 Å². The first-order valence-electron chi connectivity index (χ1n) is 7.64. The van der Waals surface area contributed by atoms with Crippen LogP contribution in [0.25, 0.3) is 0 Å². The van der Waals surface area contributed by atoms with Crippen LogP contribution in [0.3, 0.4) is 0 Å². The monoisotopic (exact) mass is 317 g/mol. The predicted molar refractivity (Wildman–Crippen MR) is 86.9 cm³/mol. The Kier molecular flexibility index (Phi) is 4.48. The molecule has 0 radical (unpaired) electrons. The Bertz CT molecular complexity index is 650. The fourth-order valence-electron chi connectivity index (χ4n) is 3.25. The molecule has 116 valence electrons. The highest BCUT2D eigenvalue weighted by molar-refractivity contribution is 6.30. The van der Waals surface area contributed by atoms with Crippen molar-refractivity contribution in [2.75, 3.05) is 0 Å². The van der Waals surface area contributed by atoms with Crippen LogP contribution < -0.4 is 5.32 Å². The quantitative estimate of drug-likeness (QED) is 0.942. The summed E-state index contributed by atoms with van der Waals surface area (Å²) in [5.41, 5.74) is 2.20. The number of carbonyl (C=O) groups is 1. The highest BCUT2D eigenvalue weighted by Crippen LogP contribution is 2.35. The van der Waals surface area contributed by atoms with E-state index in [2.05, 4.69) is 22.5 Å². The molecule has 0 aliphatic heterocycles. The van der Waals surface area contributed by atoms with Crippen molar-refractivity contribution in [3.8, 4) is 0 Å². The molecule has 5 heteroatoms. The largest absolute Gasteiger partial charge is 0.352 e. The van der Waals surface area contributed by atoms with Crippen molar-refractivity contribution in [1.82, 2.24) is 15.1 Å². The van der Waals surface area contributed by atoms with Gasteiger partial charge in [0.25, 0.3) is 0 Å². The number of nitrogens with zero attached hydrogens (tertiary/aromatic N) is 2. The van der Waals surface area contributed by atoms with Crippen molar-refractivity contribution in [2.45, 2.75) is 37.6 Å². The molecule has 0 bridgehead atoms. The number of halogens is 1. The van der Waals surface area contributed by atoms with Crippen LogP contribution >= 0.6 is 11.6 Å². The number of aryl methyl sites for hydroxylation is 1. The van der Waals surface area contributed by atoms with Crippen molar-refractivity contribution in [3.05, 3.63) is 52.8 Å². The fraction of sp³-hybridized carbons (Fsp3) is 0.412. The summed E-state index contributed by atoms with van der Waals surface area (Å²) in [5.74, 6) is 0.453. The smallest absolute Gasteiger partial charge is 0.224 e. The molecule has 1 aliphatic rings. The average molecular weight is 318 g/mol. The molecule has 4 nitrogen and oxygen atoms in total. The third kappa shape index (κ3) is 3.50. The van der Waals surface area contributed by atoms with Gasteiger partial charge in [-0.2, -0.15) is 5.10 Å². The molecule has 1 amide bonds. The molecule has 0 saturated heterocycles. The lowest BCUT2D eigenvalue weighted by atomic mass is 9.94. The molecular weight excluding hydrogens is 298 g/mol. The molecular formula is C17H20ClN3O. The van der Waals surface area contributed by atoms with Gasteiger partial charge in [-0.05, 0) is 36.1 Å². The second-order valence-corrected chi connectivity index (χ2v) is 6.40. The zero-order valence-electron chi connectivity index (χ0n) is 12.6. The van der Waals surface area contributed by atoms with Crippen LogP contribution in [0.4, 0.5) is 0 Å². The Labute approximate surface area is 135 Å². The summed E-state index contributed by atoms with van der Waals surface area (Å²) in [4.78, 5) is 12.2. The third-order valence-corrected chi connectivity index (χ3v) is 4.54. The van der Waals surface area contributed by atoms with Gasteiger partial charge in [0, 0.05) is 30.2 Å². The topological polar surface area (TPSA) is 46.9 Å². The number of rotatable bonds is 4. The minimum atomic E-state index is 0.0684. The summed E-state index contributed by atoms with van der Waals surface area (Å²) >= 11 is 5.95. The zero-order valence-corrected chi connectivity index (χ0v) is 13.4. The second-order valence-electron chi connectivity index (χ2n) is 5.96. The van der Waals surface area contributed by atoms with Gasteiger partial charge in [0.05, 0.1) is 12.6 Å². The molecule has 1 N–H and O–H groups in total. The van der Waals surface area contributed by atoms with Gasteiger partial charge < -0.3 is 5.32 Å². The van der Waals surface area contributed by atoms with Gasteiger partial charge in [-0.15, -0.1) is 0 Å². The standard InChI is InChI=1S/C17H20ClN3O/c1-21-11-12(10-19-21)9-17(22)20-16-4-2-3-15(16)13-5-7-14(18)8-6-13/h5-8,10-11,15-16H,2-4,9H2,1H3,(H,20,22). The molecule has 22 heavy (non-hydrogen) atoms. The number of hydrogen-bond donors (Lipinski definition) is 1. The number of nitrogens with one attached hydrogen (secondary N) is 1. The van der Waals surface area contributed by atoms with E-state index in [4.69, 9.17) is 11.6 Å². The van der Waals surface area contributed by atoms with Gasteiger partial charge >= 0.3 is 0 Å². The van der Waals surface area contributed by atoms with Crippen LogP contribution in [0.5, 0.6) is 0 Å². The Morgan fingerprint density at radius 3 is 2.82 bits per heavy atom. The summed E-state index contributed by atoms with van der Waals surface area (Å²) < 4.78 is 1.72. The van der Waals surface area contributed by atoms with E-state index in [-0.39, 0.29) is 11.9 Å². The molecule has 2 atom stereocenters. The second kappa shape index (κ2) is 6.53. The number of carbonyl (C=O) groups excluding carboxylic acids is 1. The van der Waals surface area contributed by atoms with Crippen LogP contribution in [0, 0.1) is 0 Å². The molecule has 1 aliphatic carbocycles. The third-order valence-electron chi connectivity index (χ3n) is 4.28. The molecule has 0 spiro atoms. The molecule has 3 rings (SSSR count). The van der Waals surface area contributed by atoms with Gasteiger partial charge in [-0.25, -0.2) is 0 Å². The maximum Gasteiger partial charge on any atom is 0.224 e. The molecule has 2 aromatic rings. The minimum absolute atomic E-state index is 0.0684. The predicted octanol–water partition coefficient (Wildman–Crippen LogP) is 3.07. The van der Waals surface area contributed by atoms with Crippen molar-refractivity contribution in [3.63, 3.8) is 0 Å². The van der Waals surface area contributed by atoms with Gasteiger partial charge in [0.2, 0.25) is 5.91 Å². The van der Waals surface area contributed by atoms with Gasteiger partial charge in [0.1, 0.15) is 0 Å². The Balaban J connectivity index is 1.63. The Morgan fingerprint density at radius 1 is 1.36 bits per heavy atom. The van der Waals surface area contributed by atoms with E-state index in [0.29, 0.717) is 12.3 Å². The molecule has 1 aromatic heterocycles. The van der Waals surface area contributed by atoms with Crippen LogP contribution in [0.15, 0.2) is 36.7 Å². The van der Waals surface area contributed by atoms with Gasteiger partial charge in [0.15, 0.2) is 0 Å². The maximum atomic E-state index is 12.2. The lowest BCUT2D eigenvalue weighted by Gasteiger charge is -2.21. The highest BCUT2D eigenvalue weighted by atomic mass is 35.5. The van der Waals surface area contributed by atoms with E-state index in [1.807, 2.05) is 25.4 Å². The highest BCUT2D eigenvalue weighted by Gasteiger charge is 2.29. The molecule has 2 unspecified atom stereocenters. The van der Waals surface area contributed by atoms with E-state index in [1.165, 1.54) is 5.56 Å². The van der Waals surface area contributed by atoms with E-state index < -0.39 is 0 Å². The summed E-state index contributed by atoms with van der Waals surface area (Å²) in [7, 11) is 1.86. The van der Waals surface area contributed by atoms with E-state index in [9.17, 15) is 4.79 Å². The van der Waals surface area contributed by atoms with Crippen molar-refractivity contribution in [2.24, 2.45) is 7.05 Å². The lowest BCUT2D eigenvalue weighted by molar-refractivity contribution is -0.121. The van der Waals surface area contributed by atoms with Crippen LogP contribution in [0.1, 0.15) is 36.3 Å². The maximum absolute atomic E-state index is 12.2. The Morgan fingerprint density at radius 2 is 2.14 bits per heavy atom. The lowest BCUT2D eigenvalue weighted by Crippen LogP contribution is -2.37. The van der Waals surface area contributed by atoms with Gasteiger partial charge in [-0.1, -0.05) is 30.2 Å². The molecule has 1 aromatic carbocycles. The first kappa shape index (κ1) is 15.1. The SMILES string of the molecule is Cn1cc(CC(=O)NC2CCCC2c2ccc(Cl)cc2)cn1. The molecule has 1 heterocycles. The van der Waals surface area contributed by atoms with E-state index in [1.54, 1.807) is 10.9 Å². The zero-order chi connectivity index (χ0) is 15.5. The summed E-state index contributed by atoms with van der Waals surface area (Å²) in [6.07, 6.45) is 7.30. The normalized spacial score (nSPS) is 21.0. The summed E-state index contributed by atoms with van der Waals surface area (Å²) in [6.45, 7) is 0. The molecule has 1 fully saturated rings. The summed E-state index contributed by atoms with van der Waals surface area (Å²) in [6, 6.07) is 8.19. The van der Waals surface area contributed by atoms with Crippen LogP contribution in [-0.4, -0.2) is 21.7 Å². The van der Waals surface area contributed by atoms with Crippen LogP contribution in [-0.2, 0) is 18.3 Å². The number of amides is 1. The minimum Gasteiger partial charge on any atom is -0.352 e. The van der Waals surface area contributed by atoms with E-state index in [0.717, 1.165) is 29.8 Å². The van der Waals surface area contributed by atoms with Crippen molar-refractivity contribution >= 4 is 17.5 Å². The Hall–Kier alpha value is -1.81. The number of hydrogen-bond acceptors (Lipinski definition) is 2. The molecule has 1 saturated carbocycles.